The van der Waals surface area contributed by atoms with E-state index in [4.69, 9.17) is 0 Å². The Morgan fingerprint density at radius 2 is 2.05 bits per heavy atom. The fourth-order valence-corrected chi connectivity index (χ4v) is 2.29. The highest BCUT2D eigenvalue weighted by Crippen LogP contribution is 2.27. The molecule has 3 heteroatoms. The minimum absolute atomic E-state index is 0.111. The maximum Gasteiger partial charge on any atom is 0.228 e. The van der Waals surface area contributed by atoms with Crippen LogP contribution in [0.5, 0.6) is 0 Å². The van der Waals surface area contributed by atoms with E-state index in [1.165, 1.54) is 6.42 Å². The van der Waals surface area contributed by atoms with Crippen LogP contribution in [0, 0.1) is 11.8 Å². The van der Waals surface area contributed by atoms with Crippen LogP contribution in [0.15, 0.2) is 24.3 Å². The number of aromatic nitrogens is 1. The van der Waals surface area contributed by atoms with Gasteiger partial charge < -0.3 is 5.32 Å². The van der Waals surface area contributed by atoms with Gasteiger partial charge in [0.05, 0.1) is 5.69 Å². The van der Waals surface area contributed by atoms with E-state index >= 15 is 0 Å². The van der Waals surface area contributed by atoms with Crippen LogP contribution in [0.3, 0.4) is 0 Å². The number of pyridine rings is 1. The minimum atomic E-state index is 0.111. The summed E-state index contributed by atoms with van der Waals surface area (Å²) >= 11 is 0. The molecule has 1 unspecified atom stereocenters. The second-order valence-corrected chi connectivity index (χ2v) is 5.37. The maximum atomic E-state index is 11.9. The first-order valence-electron chi connectivity index (χ1n) is 6.91. The maximum absolute atomic E-state index is 11.9. The summed E-state index contributed by atoms with van der Waals surface area (Å²) < 4.78 is 0. The highest BCUT2D eigenvalue weighted by molar-refractivity contribution is 5.92. The lowest BCUT2D eigenvalue weighted by molar-refractivity contribution is -0.122. The zero-order valence-corrected chi connectivity index (χ0v) is 11.1. The van der Waals surface area contributed by atoms with Crippen molar-refractivity contribution >= 4 is 23.9 Å². The van der Waals surface area contributed by atoms with Gasteiger partial charge in [0.1, 0.15) is 5.82 Å². The molecule has 3 nitrogen and oxygen atoms in total. The summed E-state index contributed by atoms with van der Waals surface area (Å²) in [6.45, 7) is 2.14. The zero-order valence-electron chi connectivity index (χ0n) is 11.1. The highest BCUT2D eigenvalue weighted by Gasteiger charge is 2.25. The smallest absolute Gasteiger partial charge is 0.228 e. The van der Waals surface area contributed by atoms with Crippen molar-refractivity contribution in [1.82, 2.24) is 4.98 Å². The Kier molecular flexibility index (Phi) is 3.20. The van der Waals surface area contributed by atoms with Gasteiger partial charge in [0, 0.05) is 11.5 Å². The van der Waals surface area contributed by atoms with E-state index in [-0.39, 0.29) is 11.8 Å². The molecule has 98 valence electrons. The SMILES string of the molecule is CC1C=Cc2ccc(NC(=O)C3CCC3)nc2C=C1. The number of allylic oxidation sites excluding steroid dienone is 2. The molecule has 2 aliphatic carbocycles. The van der Waals surface area contributed by atoms with Gasteiger partial charge >= 0.3 is 0 Å². The summed E-state index contributed by atoms with van der Waals surface area (Å²) in [5, 5.41) is 2.92. The Morgan fingerprint density at radius 3 is 2.79 bits per heavy atom. The van der Waals surface area contributed by atoms with Crippen LogP contribution in [0.25, 0.3) is 12.2 Å². The standard InChI is InChI=1S/C16H18N2O/c1-11-5-7-12-8-10-15(17-14(12)9-6-11)18-16(19)13-3-2-4-13/h5-11,13H,2-4H2,1H3,(H,17,18,19). The molecule has 0 radical (unpaired) electrons. The average molecular weight is 254 g/mol. The largest absolute Gasteiger partial charge is 0.310 e. The third-order valence-corrected chi connectivity index (χ3v) is 3.82. The number of amides is 1. The fourth-order valence-electron chi connectivity index (χ4n) is 2.29. The van der Waals surface area contributed by atoms with E-state index in [9.17, 15) is 4.79 Å². The van der Waals surface area contributed by atoms with Crippen LogP contribution in [0.1, 0.15) is 37.4 Å². The van der Waals surface area contributed by atoms with Crippen molar-refractivity contribution in [2.75, 3.05) is 5.32 Å². The van der Waals surface area contributed by atoms with Crippen molar-refractivity contribution in [3.05, 3.63) is 35.5 Å². The van der Waals surface area contributed by atoms with Crippen LogP contribution in [0.2, 0.25) is 0 Å². The van der Waals surface area contributed by atoms with E-state index in [1.54, 1.807) is 0 Å². The number of hydrogen-bond donors (Lipinski definition) is 1. The molecule has 19 heavy (non-hydrogen) atoms. The van der Waals surface area contributed by atoms with Crippen molar-refractivity contribution in [2.24, 2.45) is 11.8 Å². The molecule has 1 saturated carbocycles. The number of carbonyl (C=O) groups is 1. The molecule has 0 aliphatic heterocycles. The number of nitrogens with one attached hydrogen (secondary N) is 1. The molecule has 0 aromatic carbocycles. The summed E-state index contributed by atoms with van der Waals surface area (Å²) in [6.07, 6.45) is 11.6. The van der Waals surface area contributed by atoms with Gasteiger partial charge in [-0.05, 0) is 37.0 Å². The summed E-state index contributed by atoms with van der Waals surface area (Å²) in [5.74, 6) is 1.38. The third-order valence-electron chi connectivity index (χ3n) is 3.82. The lowest BCUT2D eigenvalue weighted by atomic mass is 9.85. The van der Waals surface area contributed by atoms with Gasteiger partial charge in [-0.25, -0.2) is 4.98 Å². The first kappa shape index (κ1) is 12.2. The van der Waals surface area contributed by atoms with E-state index in [2.05, 4.69) is 35.5 Å². The van der Waals surface area contributed by atoms with Crippen molar-refractivity contribution in [3.63, 3.8) is 0 Å². The lowest BCUT2D eigenvalue weighted by Gasteiger charge is -2.23. The van der Waals surface area contributed by atoms with Gasteiger partial charge in [-0.1, -0.05) is 31.6 Å². The van der Waals surface area contributed by atoms with Crippen molar-refractivity contribution in [2.45, 2.75) is 26.2 Å². The molecule has 1 atom stereocenters. The molecule has 1 N–H and O–H groups in total. The highest BCUT2D eigenvalue weighted by atomic mass is 16.2. The molecule has 0 bridgehead atoms. The van der Waals surface area contributed by atoms with Gasteiger partial charge in [-0.2, -0.15) is 0 Å². The molecule has 1 heterocycles. The Labute approximate surface area is 113 Å². The molecular weight excluding hydrogens is 236 g/mol. The molecule has 1 amide bonds. The van der Waals surface area contributed by atoms with Gasteiger partial charge in [0.15, 0.2) is 0 Å². The second-order valence-electron chi connectivity index (χ2n) is 5.37. The molecule has 0 spiro atoms. The van der Waals surface area contributed by atoms with Gasteiger partial charge in [-0.3, -0.25) is 4.79 Å². The number of carbonyl (C=O) groups excluding carboxylic acids is 1. The van der Waals surface area contributed by atoms with E-state index in [0.717, 1.165) is 24.1 Å². The van der Waals surface area contributed by atoms with Crippen LogP contribution in [-0.2, 0) is 4.79 Å². The van der Waals surface area contributed by atoms with E-state index in [0.29, 0.717) is 11.7 Å². The number of rotatable bonds is 2. The van der Waals surface area contributed by atoms with Crippen LogP contribution in [0.4, 0.5) is 5.82 Å². The Bertz CT molecular complexity index is 556. The van der Waals surface area contributed by atoms with Crippen molar-refractivity contribution in [3.8, 4) is 0 Å². The van der Waals surface area contributed by atoms with Crippen LogP contribution < -0.4 is 5.32 Å². The van der Waals surface area contributed by atoms with Gasteiger partial charge in [-0.15, -0.1) is 0 Å². The number of hydrogen-bond acceptors (Lipinski definition) is 2. The normalized spacial score (nSPS) is 21.4. The Morgan fingerprint density at radius 1 is 1.26 bits per heavy atom. The predicted octanol–water partition coefficient (Wildman–Crippen LogP) is 3.50. The predicted molar refractivity (Wildman–Crippen MR) is 77.4 cm³/mol. The molecule has 0 saturated heterocycles. The first-order valence-corrected chi connectivity index (χ1v) is 6.91. The molecule has 1 fully saturated rings. The van der Waals surface area contributed by atoms with Crippen LogP contribution in [-0.4, -0.2) is 10.9 Å². The number of fused-ring (bicyclic) bond motifs is 1. The lowest BCUT2D eigenvalue weighted by Crippen LogP contribution is -2.28. The molecule has 3 rings (SSSR count). The first-order chi connectivity index (χ1) is 9.22. The quantitative estimate of drug-likeness (QED) is 0.877. The zero-order chi connectivity index (χ0) is 13.2. The Hall–Kier alpha value is -1.90. The molecular formula is C16H18N2O. The number of anilines is 1. The number of nitrogens with zero attached hydrogens (tertiary/aromatic N) is 1. The monoisotopic (exact) mass is 254 g/mol. The summed E-state index contributed by atoms with van der Waals surface area (Å²) in [4.78, 5) is 16.4. The minimum Gasteiger partial charge on any atom is -0.310 e. The fraction of sp³-hybridized carbons (Fsp3) is 0.375. The molecule has 1 aromatic rings. The van der Waals surface area contributed by atoms with Crippen molar-refractivity contribution in [1.29, 1.82) is 0 Å². The van der Waals surface area contributed by atoms with Crippen LogP contribution >= 0.6 is 0 Å². The third kappa shape index (κ3) is 2.60. The van der Waals surface area contributed by atoms with Crippen molar-refractivity contribution < 1.29 is 4.79 Å². The van der Waals surface area contributed by atoms with E-state index < -0.39 is 0 Å². The average Bonchev–Trinajstić information content (AvgIpc) is 2.49. The van der Waals surface area contributed by atoms with E-state index in [1.807, 2.05) is 18.2 Å². The topological polar surface area (TPSA) is 42.0 Å². The van der Waals surface area contributed by atoms with Gasteiger partial charge in [0.25, 0.3) is 0 Å². The van der Waals surface area contributed by atoms with Gasteiger partial charge in [0.2, 0.25) is 5.91 Å². The summed E-state index contributed by atoms with van der Waals surface area (Å²) in [6, 6.07) is 3.89. The summed E-state index contributed by atoms with van der Waals surface area (Å²) in [5.41, 5.74) is 2.02. The molecule has 1 aromatic heterocycles. The Balaban J connectivity index is 1.79. The summed E-state index contributed by atoms with van der Waals surface area (Å²) in [7, 11) is 0. The molecule has 2 aliphatic rings. The second kappa shape index (κ2) is 5.00.